The van der Waals surface area contributed by atoms with Crippen molar-refractivity contribution in [2.75, 3.05) is 6.54 Å². The number of nitrogens with one attached hydrogen (secondary N) is 1. The number of aromatic nitrogens is 2. The minimum absolute atomic E-state index is 0.610. The summed E-state index contributed by atoms with van der Waals surface area (Å²) in [4.78, 5) is 9.09. The Bertz CT molecular complexity index is 614. The van der Waals surface area contributed by atoms with Crippen molar-refractivity contribution in [2.24, 2.45) is 0 Å². The maximum Gasteiger partial charge on any atom is 0.133 e. The molecule has 0 radical (unpaired) electrons. The van der Waals surface area contributed by atoms with E-state index in [1.54, 1.807) is 6.07 Å². The van der Waals surface area contributed by atoms with E-state index < -0.39 is 0 Å². The van der Waals surface area contributed by atoms with E-state index in [2.05, 4.69) is 22.2 Å². The minimum atomic E-state index is 0.610. The first-order valence-corrected chi connectivity index (χ1v) is 7.82. The third kappa shape index (κ3) is 4.95. The molecule has 0 aliphatic rings. The van der Waals surface area contributed by atoms with Crippen LogP contribution in [0.2, 0.25) is 10.0 Å². The Morgan fingerprint density at radius 2 is 1.95 bits per heavy atom. The Balaban J connectivity index is 2.15. The summed E-state index contributed by atoms with van der Waals surface area (Å²) in [5.41, 5.74) is 2.97. The van der Waals surface area contributed by atoms with Crippen LogP contribution in [0.15, 0.2) is 24.3 Å². The molecule has 0 aliphatic carbocycles. The van der Waals surface area contributed by atoms with Crippen molar-refractivity contribution in [1.29, 1.82) is 0 Å². The summed E-state index contributed by atoms with van der Waals surface area (Å²) < 4.78 is 0. The van der Waals surface area contributed by atoms with Crippen LogP contribution >= 0.6 is 23.2 Å². The first kappa shape index (κ1) is 16.2. The fourth-order valence-electron chi connectivity index (χ4n) is 2.10. The Morgan fingerprint density at radius 3 is 2.67 bits per heavy atom. The van der Waals surface area contributed by atoms with E-state index in [9.17, 15) is 0 Å². The second kappa shape index (κ2) is 7.74. The molecule has 3 nitrogen and oxygen atoms in total. The maximum absolute atomic E-state index is 6.21. The molecule has 21 heavy (non-hydrogen) atoms. The number of hydrogen-bond donors (Lipinski definition) is 1. The van der Waals surface area contributed by atoms with Gasteiger partial charge in [-0.05, 0) is 43.7 Å². The Kier molecular flexibility index (Phi) is 5.97. The topological polar surface area (TPSA) is 37.8 Å². The second-order valence-electron chi connectivity index (χ2n) is 5.01. The van der Waals surface area contributed by atoms with Crippen molar-refractivity contribution in [1.82, 2.24) is 15.3 Å². The first-order valence-electron chi connectivity index (χ1n) is 7.06. The van der Waals surface area contributed by atoms with Crippen molar-refractivity contribution in [3.05, 3.63) is 57.1 Å². The standard InChI is InChI=1S/C16H19Cl2N3/c1-3-6-19-10-14-7-11(2)20-16(21-14)8-12-4-5-13(17)9-15(12)18/h4-5,7,9,19H,3,6,8,10H2,1-2H3. The highest BCUT2D eigenvalue weighted by Gasteiger charge is 2.07. The molecule has 0 saturated heterocycles. The van der Waals surface area contributed by atoms with Gasteiger partial charge in [0.1, 0.15) is 5.82 Å². The lowest BCUT2D eigenvalue weighted by molar-refractivity contribution is 0.658. The van der Waals surface area contributed by atoms with Crippen LogP contribution in [0.1, 0.15) is 36.1 Å². The van der Waals surface area contributed by atoms with Gasteiger partial charge in [-0.2, -0.15) is 0 Å². The number of aryl methyl sites for hydroxylation is 1. The molecule has 2 aromatic rings. The zero-order valence-electron chi connectivity index (χ0n) is 12.3. The van der Waals surface area contributed by atoms with Gasteiger partial charge >= 0.3 is 0 Å². The lowest BCUT2D eigenvalue weighted by atomic mass is 10.1. The van der Waals surface area contributed by atoms with Gasteiger partial charge in [0.2, 0.25) is 0 Å². The summed E-state index contributed by atoms with van der Waals surface area (Å²) in [6.07, 6.45) is 1.72. The quantitative estimate of drug-likeness (QED) is 0.810. The van der Waals surface area contributed by atoms with Gasteiger partial charge in [0.25, 0.3) is 0 Å². The SMILES string of the molecule is CCCNCc1cc(C)nc(Cc2ccc(Cl)cc2Cl)n1. The molecule has 2 rings (SSSR count). The van der Waals surface area contributed by atoms with Gasteiger partial charge < -0.3 is 5.32 Å². The van der Waals surface area contributed by atoms with Crippen LogP contribution in [0, 0.1) is 6.92 Å². The number of rotatable bonds is 6. The fourth-order valence-corrected chi connectivity index (χ4v) is 2.57. The second-order valence-corrected chi connectivity index (χ2v) is 5.85. The van der Waals surface area contributed by atoms with E-state index in [1.807, 2.05) is 25.1 Å². The molecule has 0 fully saturated rings. The van der Waals surface area contributed by atoms with Crippen LogP contribution in [0.5, 0.6) is 0 Å². The molecule has 0 amide bonds. The van der Waals surface area contributed by atoms with Gasteiger partial charge in [0.15, 0.2) is 0 Å². The molecule has 1 aromatic heterocycles. The summed E-state index contributed by atoms with van der Waals surface area (Å²) in [6.45, 7) is 5.88. The molecule has 0 bridgehead atoms. The van der Waals surface area contributed by atoms with Gasteiger partial charge in [0.05, 0.1) is 5.69 Å². The number of hydrogen-bond acceptors (Lipinski definition) is 3. The summed E-state index contributed by atoms with van der Waals surface area (Å²) in [5.74, 6) is 0.785. The molecule has 0 atom stereocenters. The van der Waals surface area contributed by atoms with Gasteiger partial charge in [-0.25, -0.2) is 9.97 Å². The van der Waals surface area contributed by atoms with Crippen molar-refractivity contribution >= 4 is 23.2 Å². The summed E-state index contributed by atoms with van der Waals surface area (Å²) in [7, 11) is 0. The van der Waals surface area contributed by atoms with E-state index >= 15 is 0 Å². The zero-order chi connectivity index (χ0) is 15.2. The lowest BCUT2D eigenvalue weighted by Gasteiger charge is -2.08. The predicted molar refractivity (Wildman–Crippen MR) is 88.0 cm³/mol. The zero-order valence-corrected chi connectivity index (χ0v) is 13.8. The average Bonchev–Trinajstić information content (AvgIpc) is 2.42. The molecule has 0 aliphatic heterocycles. The van der Waals surface area contributed by atoms with Crippen molar-refractivity contribution in [2.45, 2.75) is 33.2 Å². The normalized spacial score (nSPS) is 10.9. The molecule has 1 heterocycles. The van der Waals surface area contributed by atoms with Gasteiger partial charge in [-0.3, -0.25) is 0 Å². The molecular weight excluding hydrogens is 305 g/mol. The largest absolute Gasteiger partial charge is 0.311 e. The van der Waals surface area contributed by atoms with Gasteiger partial charge in [-0.15, -0.1) is 0 Å². The van der Waals surface area contributed by atoms with E-state index in [0.717, 1.165) is 42.3 Å². The van der Waals surface area contributed by atoms with Gasteiger partial charge in [-0.1, -0.05) is 36.2 Å². The molecule has 0 spiro atoms. The number of benzene rings is 1. The molecule has 1 N–H and O–H groups in total. The lowest BCUT2D eigenvalue weighted by Crippen LogP contribution is -2.16. The van der Waals surface area contributed by atoms with Crippen molar-refractivity contribution < 1.29 is 0 Å². The van der Waals surface area contributed by atoms with Crippen LogP contribution in [0.3, 0.4) is 0 Å². The highest BCUT2D eigenvalue weighted by Crippen LogP contribution is 2.22. The van der Waals surface area contributed by atoms with Crippen LogP contribution in [-0.4, -0.2) is 16.5 Å². The monoisotopic (exact) mass is 323 g/mol. The highest BCUT2D eigenvalue weighted by molar-refractivity contribution is 6.35. The van der Waals surface area contributed by atoms with Crippen LogP contribution in [0.4, 0.5) is 0 Å². The van der Waals surface area contributed by atoms with Crippen LogP contribution < -0.4 is 5.32 Å². The fraction of sp³-hybridized carbons (Fsp3) is 0.375. The molecule has 0 unspecified atom stereocenters. The van der Waals surface area contributed by atoms with E-state index in [-0.39, 0.29) is 0 Å². The summed E-state index contributed by atoms with van der Waals surface area (Å²) >= 11 is 12.1. The van der Waals surface area contributed by atoms with E-state index in [4.69, 9.17) is 23.2 Å². The Hall–Kier alpha value is -1.16. The summed E-state index contributed by atoms with van der Waals surface area (Å²) in [5, 5.41) is 4.64. The molecule has 5 heteroatoms. The molecule has 112 valence electrons. The maximum atomic E-state index is 6.21. The summed E-state index contributed by atoms with van der Waals surface area (Å²) in [6, 6.07) is 7.52. The minimum Gasteiger partial charge on any atom is -0.311 e. The molecule has 0 saturated carbocycles. The van der Waals surface area contributed by atoms with Crippen molar-refractivity contribution in [3.8, 4) is 0 Å². The highest BCUT2D eigenvalue weighted by atomic mass is 35.5. The van der Waals surface area contributed by atoms with Crippen LogP contribution in [0.25, 0.3) is 0 Å². The Morgan fingerprint density at radius 1 is 1.14 bits per heavy atom. The number of halogens is 2. The van der Waals surface area contributed by atoms with Crippen LogP contribution in [-0.2, 0) is 13.0 Å². The smallest absolute Gasteiger partial charge is 0.133 e. The third-order valence-electron chi connectivity index (χ3n) is 3.05. The predicted octanol–water partition coefficient (Wildman–Crippen LogP) is 4.18. The van der Waals surface area contributed by atoms with E-state index in [0.29, 0.717) is 16.5 Å². The van der Waals surface area contributed by atoms with Gasteiger partial charge in [0, 0.05) is 28.7 Å². The third-order valence-corrected chi connectivity index (χ3v) is 3.64. The Labute approximate surface area is 135 Å². The van der Waals surface area contributed by atoms with Crippen molar-refractivity contribution in [3.63, 3.8) is 0 Å². The molecule has 1 aromatic carbocycles. The molecular formula is C16H19Cl2N3. The van der Waals surface area contributed by atoms with E-state index in [1.165, 1.54) is 0 Å². The number of nitrogens with zero attached hydrogens (tertiary/aromatic N) is 2. The first-order chi connectivity index (χ1) is 10.1. The average molecular weight is 324 g/mol.